The van der Waals surface area contributed by atoms with Gasteiger partial charge in [-0.1, -0.05) is 12.8 Å². The predicted molar refractivity (Wildman–Crippen MR) is 48.8 cm³/mol. The molecule has 2 rings (SSSR count). The summed E-state index contributed by atoms with van der Waals surface area (Å²) >= 11 is 2.03. The van der Waals surface area contributed by atoms with Gasteiger partial charge in [-0.2, -0.15) is 11.8 Å². The van der Waals surface area contributed by atoms with Gasteiger partial charge in [-0.25, -0.2) is 0 Å². The van der Waals surface area contributed by atoms with Gasteiger partial charge < -0.3 is 5.11 Å². The first-order chi connectivity index (χ1) is 5.33. The monoisotopic (exact) mass is 172 g/mol. The molecule has 2 heteroatoms. The van der Waals surface area contributed by atoms with Gasteiger partial charge in [0, 0.05) is 11.2 Å². The summed E-state index contributed by atoms with van der Waals surface area (Å²) in [5.41, 5.74) is 0.350. The summed E-state index contributed by atoms with van der Waals surface area (Å²) in [4.78, 5) is 0. The first-order valence-electron chi connectivity index (χ1n) is 4.59. The third-order valence-corrected chi connectivity index (χ3v) is 4.53. The maximum atomic E-state index is 9.85. The van der Waals surface area contributed by atoms with Crippen LogP contribution in [0.1, 0.15) is 32.1 Å². The topological polar surface area (TPSA) is 20.2 Å². The van der Waals surface area contributed by atoms with Gasteiger partial charge >= 0.3 is 0 Å². The van der Waals surface area contributed by atoms with Crippen molar-refractivity contribution in [1.29, 1.82) is 0 Å². The van der Waals surface area contributed by atoms with Crippen LogP contribution < -0.4 is 0 Å². The Balaban J connectivity index is 2.07. The molecule has 1 aliphatic carbocycles. The highest BCUT2D eigenvalue weighted by Crippen LogP contribution is 2.47. The molecule has 0 amide bonds. The molecule has 0 aromatic heterocycles. The smallest absolute Gasteiger partial charge is 0.0612 e. The molecule has 1 saturated heterocycles. The molecule has 1 nitrogen and oxygen atoms in total. The average Bonchev–Trinajstić information content (AvgIpc) is 2.46. The molecule has 1 N–H and O–H groups in total. The molecule has 1 saturated carbocycles. The molecule has 2 aliphatic rings. The number of aliphatic hydroxyl groups excluding tert-OH is 1. The molecule has 1 aliphatic heterocycles. The van der Waals surface area contributed by atoms with Crippen molar-refractivity contribution >= 4 is 11.8 Å². The molecule has 0 aromatic rings. The lowest BCUT2D eigenvalue weighted by atomic mass is 9.81. The van der Waals surface area contributed by atoms with Gasteiger partial charge in [0.1, 0.15) is 0 Å². The fourth-order valence-electron chi connectivity index (χ4n) is 2.43. The van der Waals surface area contributed by atoms with E-state index in [4.69, 9.17) is 0 Å². The Labute approximate surface area is 72.6 Å². The first-order valence-corrected chi connectivity index (χ1v) is 5.75. The highest BCUT2D eigenvalue weighted by Gasteiger charge is 2.41. The number of rotatable bonds is 0. The van der Waals surface area contributed by atoms with E-state index in [2.05, 4.69) is 0 Å². The van der Waals surface area contributed by atoms with Crippen LogP contribution in [0, 0.1) is 5.41 Å². The first kappa shape index (κ1) is 7.93. The minimum absolute atomic E-state index is 0.0197. The molecule has 11 heavy (non-hydrogen) atoms. The van der Waals surface area contributed by atoms with Crippen LogP contribution in [0.25, 0.3) is 0 Å². The molecule has 1 atom stereocenters. The number of hydrogen-bond donors (Lipinski definition) is 1. The van der Waals surface area contributed by atoms with E-state index in [9.17, 15) is 5.11 Å². The van der Waals surface area contributed by atoms with Crippen LogP contribution >= 0.6 is 11.8 Å². The molecule has 1 heterocycles. The Bertz CT molecular complexity index is 140. The highest BCUT2D eigenvalue weighted by atomic mass is 32.2. The summed E-state index contributed by atoms with van der Waals surface area (Å²) < 4.78 is 0. The molecule has 1 unspecified atom stereocenters. The quantitative estimate of drug-likeness (QED) is 0.603. The number of hydrogen-bond acceptors (Lipinski definition) is 2. The maximum Gasteiger partial charge on any atom is 0.0612 e. The van der Waals surface area contributed by atoms with Crippen molar-refractivity contribution in [2.24, 2.45) is 5.41 Å². The van der Waals surface area contributed by atoms with Crippen LogP contribution in [-0.2, 0) is 0 Å². The molecule has 64 valence electrons. The van der Waals surface area contributed by atoms with Crippen LogP contribution in [0.2, 0.25) is 0 Å². The largest absolute Gasteiger partial charge is 0.392 e. The minimum atomic E-state index is 0.0197. The lowest BCUT2D eigenvalue weighted by Gasteiger charge is -2.37. The zero-order valence-corrected chi connectivity index (χ0v) is 7.70. The third kappa shape index (κ3) is 1.31. The minimum Gasteiger partial charge on any atom is -0.392 e. The van der Waals surface area contributed by atoms with Crippen molar-refractivity contribution in [2.45, 2.75) is 38.2 Å². The third-order valence-electron chi connectivity index (χ3n) is 3.23. The number of thioether (sulfide) groups is 1. The fraction of sp³-hybridized carbons (Fsp3) is 1.00. The molecular formula is C9H16OS. The SMILES string of the molecule is OC1CCSCC12CCCC2. The van der Waals surface area contributed by atoms with Gasteiger partial charge in [-0.15, -0.1) is 0 Å². The predicted octanol–water partition coefficient (Wildman–Crippen LogP) is 2.04. The Morgan fingerprint density at radius 2 is 2.00 bits per heavy atom. The summed E-state index contributed by atoms with van der Waals surface area (Å²) in [6.45, 7) is 0. The van der Waals surface area contributed by atoms with Crippen molar-refractivity contribution in [2.75, 3.05) is 11.5 Å². The standard InChI is InChI=1S/C9H16OS/c10-8-3-6-11-7-9(8)4-1-2-5-9/h8,10H,1-7H2. The molecule has 0 aromatic carbocycles. The van der Waals surface area contributed by atoms with Crippen LogP contribution in [0.3, 0.4) is 0 Å². The van der Waals surface area contributed by atoms with E-state index in [1.165, 1.54) is 37.2 Å². The second-order valence-corrected chi connectivity index (χ2v) is 5.03. The zero-order valence-electron chi connectivity index (χ0n) is 6.88. The van der Waals surface area contributed by atoms with E-state index in [1.54, 1.807) is 0 Å². The van der Waals surface area contributed by atoms with Crippen molar-refractivity contribution in [3.05, 3.63) is 0 Å². The van der Waals surface area contributed by atoms with Gasteiger partial charge in [0.15, 0.2) is 0 Å². The van der Waals surface area contributed by atoms with Gasteiger partial charge in [0.05, 0.1) is 6.10 Å². The summed E-state index contributed by atoms with van der Waals surface area (Å²) in [6.07, 6.45) is 6.30. The van der Waals surface area contributed by atoms with Crippen LogP contribution in [-0.4, -0.2) is 22.7 Å². The van der Waals surface area contributed by atoms with Crippen LogP contribution in [0.15, 0.2) is 0 Å². The van der Waals surface area contributed by atoms with E-state index in [0.717, 1.165) is 6.42 Å². The number of aliphatic hydroxyl groups is 1. The fourth-order valence-corrected chi connectivity index (χ4v) is 3.85. The zero-order chi connectivity index (χ0) is 7.73. The van der Waals surface area contributed by atoms with Crippen molar-refractivity contribution in [1.82, 2.24) is 0 Å². The Hall–Kier alpha value is 0.310. The summed E-state index contributed by atoms with van der Waals surface area (Å²) in [6, 6.07) is 0. The molecule has 0 radical (unpaired) electrons. The lowest BCUT2D eigenvalue weighted by molar-refractivity contribution is 0.0394. The Kier molecular flexibility index (Phi) is 2.15. The average molecular weight is 172 g/mol. The summed E-state index contributed by atoms with van der Waals surface area (Å²) in [7, 11) is 0. The van der Waals surface area contributed by atoms with Gasteiger partial charge in [0.2, 0.25) is 0 Å². The van der Waals surface area contributed by atoms with E-state index >= 15 is 0 Å². The van der Waals surface area contributed by atoms with E-state index in [-0.39, 0.29) is 6.10 Å². The summed E-state index contributed by atoms with van der Waals surface area (Å²) in [5, 5.41) is 9.85. The van der Waals surface area contributed by atoms with Gasteiger partial charge in [-0.3, -0.25) is 0 Å². The van der Waals surface area contributed by atoms with Gasteiger partial charge in [0.25, 0.3) is 0 Å². The molecular weight excluding hydrogens is 156 g/mol. The Morgan fingerprint density at radius 1 is 1.27 bits per heavy atom. The summed E-state index contributed by atoms with van der Waals surface area (Å²) in [5.74, 6) is 2.39. The molecule has 0 bridgehead atoms. The highest BCUT2D eigenvalue weighted by molar-refractivity contribution is 7.99. The van der Waals surface area contributed by atoms with Crippen molar-refractivity contribution < 1.29 is 5.11 Å². The van der Waals surface area contributed by atoms with Crippen molar-refractivity contribution in [3.63, 3.8) is 0 Å². The van der Waals surface area contributed by atoms with Crippen LogP contribution in [0.4, 0.5) is 0 Å². The lowest BCUT2D eigenvalue weighted by Crippen LogP contribution is -2.38. The maximum absolute atomic E-state index is 9.85. The second kappa shape index (κ2) is 2.98. The Morgan fingerprint density at radius 3 is 2.64 bits per heavy atom. The second-order valence-electron chi connectivity index (χ2n) is 3.93. The van der Waals surface area contributed by atoms with Crippen molar-refractivity contribution in [3.8, 4) is 0 Å². The molecule has 2 fully saturated rings. The van der Waals surface area contributed by atoms with Crippen LogP contribution in [0.5, 0.6) is 0 Å². The van der Waals surface area contributed by atoms with E-state index in [0.29, 0.717) is 5.41 Å². The van der Waals surface area contributed by atoms with E-state index in [1.807, 2.05) is 11.8 Å². The molecule has 1 spiro atoms. The van der Waals surface area contributed by atoms with Gasteiger partial charge in [-0.05, 0) is 25.0 Å². The van der Waals surface area contributed by atoms with E-state index < -0.39 is 0 Å². The normalized spacial score (nSPS) is 36.3.